The van der Waals surface area contributed by atoms with Gasteiger partial charge in [0.1, 0.15) is 12.4 Å². The third-order valence-electron chi connectivity index (χ3n) is 4.42. The van der Waals surface area contributed by atoms with Crippen LogP contribution >= 0.6 is 27.5 Å². The van der Waals surface area contributed by atoms with Crippen molar-refractivity contribution in [1.82, 2.24) is 4.90 Å². The van der Waals surface area contributed by atoms with Gasteiger partial charge in [0.15, 0.2) is 0 Å². The molecule has 0 spiro atoms. The van der Waals surface area contributed by atoms with Gasteiger partial charge in [-0.1, -0.05) is 11.6 Å². The first-order valence-electron chi connectivity index (χ1n) is 7.22. The second-order valence-electron chi connectivity index (χ2n) is 5.78. The van der Waals surface area contributed by atoms with Crippen LogP contribution in [-0.4, -0.2) is 36.2 Å². The molecule has 0 radical (unpaired) electrons. The number of hydrogen-bond donors (Lipinski definition) is 1. The number of fused-ring (bicyclic) bond motifs is 2. The molecule has 110 valence electrons. The van der Waals surface area contributed by atoms with Crippen molar-refractivity contribution < 1.29 is 4.74 Å². The summed E-state index contributed by atoms with van der Waals surface area (Å²) in [4.78, 5) is 2.59. The maximum atomic E-state index is 6.09. The van der Waals surface area contributed by atoms with Crippen LogP contribution < -0.4 is 10.5 Å². The summed E-state index contributed by atoms with van der Waals surface area (Å²) in [6.07, 6.45) is 4.87. The van der Waals surface area contributed by atoms with Gasteiger partial charge in [-0.3, -0.25) is 4.90 Å². The molecule has 2 bridgehead atoms. The van der Waals surface area contributed by atoms with Gasteiger partial charge in [0, 0.05) is 29.7 Å². The van der Waals surface area contributed by atoms with Crippen molar-refractivity contribution in [2.45, 2.75) is 43.8 Å². The van der Waals surface area contributed by atoms with E-state index in [1.54, 1.807) is 0 Å². The van der Waals surface area contributed by atoms with E-state index in [-0.39, 0.29) is 0 Å². The van der Waals surface area contributed by atoms with Gasteiger partial charge in [0.05, 0.1) is 4.47 Å². The maximum absolute atomic E-state index is 6.09. The summed E-state index contributed by atoms with van der Waals surface area (Å²) in [6.45, 7) is 1.69. The Labute approximate surface area is 133 Å². The van der Waals surface area contributed by atoms with Gasteiger partial charge in [0.25, 0.3) is 0 Å². The van der Waals surface area contributed by atoms with E-state index >= 15 is 0 Å². The van der Waals surface area contributed by atoms with E-state index in [1.165, 1.54) is 12.8 Å². The Morgan fingerprint density at radius 1 is 1.30 bits per heavy atom. The van der Waals surface area contributed by atoms with E-state index in [9.17, 15) is 0 Å². The minimum atomic E-state index is 0.398. The minimum Gasteiger partial charge on any atom is -0.491 e. The molecule has 2 atom stereocenters. The number of hydrogen-bond acceptors (Lipinski definition) is 3. The highest BCUT2D eigenvalue weighted by molar-refractivity contribution is 9.10. The lowest BCUT2D eigenvalue weighted by Crippen LogP contribution is -2.48. The maximum Gasteiger partial charge on any atom is 0.133 e. The number of piperidine rings is 1. The van der Waals surface area contributed by atoms with Crippen LogP contribution in [0.25, 0.3) is 0 Å². The monoisotopic (exact) mass is 358 g/mol. The molecular weight excluding hydrogens is 340 g/mol. The summed E-state index contributed by atoms with van der Waals surface area (Å²) in [5, 5.41) is 0.715. The first-order chi connectivity index (χ1) is 9.63. The molecule has 2 heterocycles. The Bertz CT molecular complexity index is 471. The molecule has 0 saturated carbocycles. The lowest BCUT2D eigenvalue weighted by Gasteiger charge is -2.37. The van der Waals surface area contributed by atoms with Crippen LogP contribution in [0.3, 0.4) is 0 Å². The number of nitrogens with two attached hydrogens (primary N) is 1. The smallest absolute Gasteiger partial charge is 0.133 e. The highest BCUT2D eigenvalue weighted by Crippen LogP contribution is 2.35. The molecule has 2 aliphatic heterocycles. The fourth-order valence-electron chi connectivity index (χ4n) is 3.53. The predicted octanol–water partition coefficient (Wildman–Crippen LogP) is 3.44. The molecule has 2 unspecified atom stereocenters. The topological polar surface area (TPSA) is 38.5 Å². The Kier molecular flexibility index (Phi) is 4.55. The molecule has 2 aliphatic rings. The highest BCUT2D eigenvalue weighted by Gasteiger charge is 2.39. The van der Waals surface area contributed by atoms with Crippen molar-refractivity contribution >= 4 is 27.5 Å². The Morgan fingerprint density at radius 3 is 2.65 bits per heavy atom. The van der Waals surface area contributed by atoms with Crippen molar-refractivity contribution in [3.8, 4) is 5.75 Å². The Hall–Kier alpha value is -0.290. The largest absolute Gasteiger partial charge is 0.491 e. The van der Waals surface area contributed by atoms with Crippen molar-refractivity contribution in [2.75, 3.05) is 13.2 Å². The number of rotatable bonds is 4. The molecule has 0 aliphatic carbocycles. The standard InChI is InChI=1S/C15H20BrClN2O/c16-14-7-10(17)1-4-15(14)20-6-5-19-12-2-3-13(19)9-11(18)8-12/h1,4,7,11-13H,2-3,5-6,8-9,18H2. The molecule has 5 heteroatoms. The summed E-state index contributed by atoms with van der Waals surface area (Å²) in [5.41, 5.74) is 6.09. The molecule has 3 nitrogen and oxygen atoms in total. The van der Waals surface area contributed by atoms with E-state index in [0.29, 0.717) is 29.8 Å². The van der Waals surface area contributed by atoms with Crippen LogP contribution in [-0.2, 0) is 0 Å². The summed E-state index contributed by atoms with van der Waals surface area (Å²) in [5.74, 6) is 0.857. The second kappa shape index (κ2) is 6.22. The molecule has 1 aromatic carbocycles. The van der Waals surface area contributed by atoms with Crippen molar-refractivity contribution in [3.63, 3.8) is 0 Å². The molecule has 2 saturated heterocycles. The van der Waals surface area contributed by atoms with Gasteiger partial charge in [-0.05, 0) is 59.8 Å². The first kappa shape index (κ1) is 14.6. The van der Waals surface area contributed by atoms with E-state index in [4.69, 9.17) is 22.1 Å². The average molecular weight is 360 g/mol. The van der Waals surface area contributed by atoms with Gasteiger partial charge >= 0.3 is 0 Å². The van der Waals surface area contributed by atoms with Crippen LogP contribution in [0.1, 0.15) is 25.7 Å². The van der Waals surface area contributed by atoms with E-state index < -0.39 is 0 Å². The van der Waals surface area contributed by atoms with Gasteiger partial charge in [0.2, 0.25) is 0 Å². The molecule has 2 fully saturated rings. The Balaban J connectivity index is 1.53. The fourth-order valence-corrected chi connectivity index (χ4v) is 4.33. The lowest BCUT2D eigenvalue weighted by molar-refractivity contribution is 0.106. The predicted molar refractivity (Wildman–Crippen MR) is 85.4 cm³/mol. The van der Waals surface area contributed by atoms with E-state index in [1.807, 2.05) is 18.2 Å². The molecular formula is C15H20BrClN2O. The zero-order chi connectivity index (χ0) is 14.1. The number of halogens is 2. The van der Waals surface area contributed by atoms with Crippen LogP contribution in [0.5, 0.6) is 5.75 Å². The van der Waals surface area contributed by atoms with Crippen LogP contribution in [0, 0.1) is 0 Å². The molecule has 20 heavy (non-hydrogen) atoms. The summed E-state index contributed by atoms with van der Waals surface area (Å²) < 4.78 is 6.78. The van der Waals surface area contributed by atoms with Crippen LogP contribution in [0.15, 0.2) is 22.7 Å². The highest BCUT2D eigenvalue weighted by atomic mass is 79.9. The van der Waals surface area contributed by atoms with Gasteiger partial charge in [-0.2, -0.15) is 0 Å². The van der Waals surface area contributed by atoms with Crippen molar-refractivity contribution in [1.29, 1.82) is 0 Å². The van der Waals surface area contributed by atoms with Crippen molar-refractivity contribution in [2.24, 2.45) is 5.73 Å². The van der Waals surface area contributed by atoms with E-state index in [2.05, 4.69) is 20.8 Å². The summed E-state index contributed by atoms with van der Waals surface area (Å²) >= 11 is 9.40. The third-order valence-corrected chi connectivity index (χ3v) is 5.28. The van der Waals surface area contributed by atoms with Crippen LogP contribution in [0.2, 0.25) is 5.02 Å². The molecule has 2 N–H and O–H groups in total. The molecule has 0 amide bonds. The van der Waals surface area contributed by atoms with Gasteiger partial charge in [-0.25, -0.2) is 0 Å². The summed E-state index contributed by atoms with van der Waals surface area (Å²) in [6, 6.07) is 7.36. The number of nitrogens with zero attached hydrogens (tertiary/aromatic N) is 1. The van der Waals surface area contributed by atoms with E-state index in [0.717, 1.165) is 29.6 Å². The van der Waals surface area contributed by atoms with Gasteiger partial charge < -0.3 is 10.5 Å². The van der Waals surface area contributed by atoms with Crippen molar-refractivity contribution in [3.05, 3.63) is 27.7 Å². The lowest BCUT2D eigenvalue weighted by atomic mass is 9.98. The molecule has 0 aromatic heterocycles. The zero-order valence-electron chi connectivity index (χ0n) is 11.4. The number of ether oxygens (including phenoxy) is 1. The Morgan fingerprint density at radius 2 is 2.00 bits per heavy atom. The quantitative estimate of drug-likeness (QED) is 0.895. The number of benzene rings is 1. The fraction of sp³-hybridized carbons (Fsp3) is 0.600. The first-order valence-corrected chi connectivity index (χ1v) is 8.40. The zero-order valence-corrected chi connectivity index (χ0v) is 13.7. The summed E-state index contributed by atoms with van der Waals surface area (Å²) in [7, 11) is 0. The second-order valence-corrected chi connectivity index (χ2v) is 7.07. The molecule has 1 aromatic rings. The minimum absolute atomic E-state index is 0.398. The normalized spacial score (nSPS) is 29.6. The van der Waals surface area contributed by atoms with Crippen LogP contribution in [0.4, 0.5) is 0 Å². The third kappa shape index (κ3) is 3.14. The van der Waals surface area contributed by atoms with Gasteiger partial charge in [-0.15, -0.1) is 0 Å². The SMILES string of the molecule is NC1CC2CCC(C1)N2CCOc1ccc(Cl)cc1Br. The molecule has 3 rings (SSSR count). The average Bonchev–Trinajstić information content (AvgIpc) is 2.64.